The highest BCUT2D eigenvalue weighted by Gasteiger charge is 2.12. The first kappa shape index (κ1) is 14.3. The van der Waals surface area contributed by atoms with Crippen LogP contribution in [0.3, 0.4) is 0 Å². The Hall–Kier alpha value is -0.770. The van der Waals surface area contributed by atoms with Crippen molar-refractivity contribution in [3.05, 3.63) is 28.8 Å². The average Bonchev–Trinajstić information content (AvgIpc) is 2.24. The van der Waals surface area contributed by atoms with Crippen LogP contribution in [0.1, 0.15) is 19.4 Å². The maximum Gasteiger partial charge on any atom is 0.0615 e. The van der Waals surface area contributed by atoms with E-state index in [1.165, 1.54) is 0 Å². The highest BCUT2D eigenvalue weighted by atomic mass is 35.5. The predicted molar refractivity (Wildman–Crippen MR) is 73.3 cm³/mol. The van der Waals surface area contributed by atoms with Crippen LogP contribution in [0.4, 0.5) is 5.69 Å². The second kappa shape index (κ2) is 6.84. The van der Waals surface area contributed by atoms with Gasteiger partial charge in [-0.1, -0.05) is 18.5 Å². The molecule has 0 bridgehead atoms. The van der Waals surface area contributed by atoms with Crippen LogP contribution in [0.25, 0.3) is 0 Å². The summed E-state index contributed by atoms with van der Waals surface area (Å²) in [6, 6.07) is 6.07. The summed E-state index contributed by atoms with van der Waals surface area (Å²) in [7, 11) is 1.72. The van der Waals surface area contributed by atoms with Crippen LogP contribution in [-0.4, -0.2) is 31.2 Å². The fourth-order valence-electron chi connectivity index (χ4n) is 1.93. The number of nitrogens with zero attached hydrogens (tertiary/aromatic N) is 1. The fraction of sp³-hybridized carbons (Fsp3) is 0.538. The normalized spacial score (nSPS) is 13.0. The van der Waals surface area contributed by atoms with Crippen LogP contribution < -0.4 is 5.73 Å². The number of anilines is 1. The first-order valence-corrected chi connectivity index (χ1v) is 6.22. The summed E-state index contributed by atoms with van der Waals surface area (Å²) < 4.78 is 5.18. The zero-order valence-corrected chi connectivity index (χ0v) is 11.5. The number of benzene rings is 1. The van der Waals surface area contributed by atoms with Gasteiger partial charge < -0.3 is 10.5 Å². The molecule has 0 heterocycles. The van der Waals surface area contributed by atoms with Gasteiger partial charge in [0.1, 0.15) is 0 Å². The smallest absolute Gasteiger partial charge is 0.0615 e. The lowest BCUT2D eigenvalue weighted by molar-refractivity contribution is 0.0982. The maximum absolute atomic E-state index is 5.99. The average molecular weight is 257 g/mol. The van der Waals surface area contributed by atoms with Gasteiger partial charge in [0.05, 0.1) is 6.61 Å². The second-order valence-electron chi connectivity index (χ2n) is 4.26. The molecule has 0 saturated heterocycles. The van der Waals surface area contributed by atoms with Crippen LogP contribution in [0.2, 0.25) is 5.02 Å². The summed E-state index contributed by atoms with van der Waals surface area (Å²) in [4.78, 5) is 2.33. The monoisotopic (exact) mass is 256 g/mol. The Bertz CT molecular complexity index is 337. The van der Waals surface area contributed by atoms with E-state index in [9.17, 15) is 0 Å². The highest BCUT2D eigenvalue weighted by Crippen LogP contribution is 2.18. The van der Waals surface area contributed by atoms with Gasteiger partial charge in [-0.05, 0) is 37.2 Å². The molecule has 0 radical (unpaired) electrons. The molecule has 1 aromatic rings. The number of likely N-dealkylation sites (N-methyl/N-ethyl adjacent to an activating group) is 1. The number of ether oxygens (including phenoxy) is 1. The Morgan fingerprint density at radius 1 is 1.41 bits per heavy atom. The van der Waals surface area contributed by atoms with E-state index in [0.717, 1.165) is 25.3 Å². The van der Waals surface area contributed by atoms with Gasteiger partial charge in [0.15, 0.2) is 0 Å². The van der Waals surface area contributed by atoms with Crippen molar-refractivity contribution in [2.45, 2.75) is 26.4 Å². The first-order valence-electron chi connectivity index (χ1n) is 5.84. The number of halogens is 1. The molecule has 1 aromatic carbocycles. The molecule has 0 aliphatic carbocycles. The Morgan fingerprint density at radius 2 is 2.12 bits per heavy atom. The van der Waals surface area contributed by atoms with Crippen LogP contribution in [0, 0.1) is 0 Å². The van der Waals surface area contributed by atoms with E-state index >= 15 is 0 Å². The van der Waals surface area contributed by atoms with Gasteiger partial charge in [-0.15, -0.1) is 0 Å². The molecule has 0 aliphatic heterocycles. The van der Waals surface area contributed by atoms with Crippen LogP contribution >= 0.6 is 11.6 Å². The molecule has 17 heavy (non-hydrogen) atoms. The van der Waals surface area contributed by atoms with E-state index in [1.807, 2.05) is 12.1 Å². The molecule has 2 N–H and O–H groups in total. The van der Waals surface area contributed by atoms with E-state index in [4.69, 9.17) is 22.1 Å². The summed E-state index contributed by atoms with van der Waals surface area (Å²) in [5.41, 5.74) is 7.63. The molecule has 1 unspecified atom stereocenters. The lowest BCUT2D eigenvalue weighted by atomic mass is 10.1. The van der Waals surface area contributed by atoms with Crippen molar-refractivity contribution in [1.82, 2.24) is 4.90 Å². The van der Waals surface area contributed by atoms with Gasteiger partial charge in [0.2, 0.25) is 0 Å². The van der Waals surface area contributed by atoms with Gasteiger partial charge in [-0.2, -0.15) is 0 Å². The zero-order chi connectivity index (χ0) is 12.8. The number of methoxy groups -OCH3 is 1. The van der Waals surface area contributed by atoms with Crippen molar-refractivity contribution in [3.63, 3.8) is 0 Å². The third kappa shape index (κ3) is 4.54. The minimum absolute atomic E-state index is 0.380. The highest BCUT2D eigenvalue weighted by molar-refractivity contribution is 6.30. The summed E-state index contributed by atoms with van der Waals surface area (Å²) >= 11 is 5.99. The molecule has 0 saturated carbocycles. The minimum atomic E-state index is 0.380. The molecule has 0 aromatic heterocycles. The molecule has 0 amide bonds. The van der Waals surface area contributed by atoms with Crippen LogP contribution in [0.15, 0.2) is 18.2 Å². The fourth-order valence-corrected chi connectivity index (χ4v) is 2.19. The summed E-state index contributed by atoms with van der Waals surface area (Å²) in [6.45, 7) is 6.83. The van der Waals surface area contributed by atoms with E-state index in [2.05, 4.69) is 18.7 Å². The molecule has 4 heteroatoms. The Kier molecular flexibility index (Phi) is 5.75. The summed E-state index contributed by atoms with van der Waals surface area (Å²) in [5, 5.41) is 0.690. The maximum atomic E-state index is 5.99. The first-order chi connectivity index (χ1) is 8.06. The number of hydrogen-bond acceptors (Lipinski definition) is 3. The molecule has 1 atom stereocenters. The molecule has 96 valence electrons. The van der Waals surface area contributed by atoms with Gasteiger partial charge >= 0.3 is 0 Å². The number of rotatable bonds is 6. The molecule has 1 rings (SSSR count). The van der Waals surface area contributed by atoms with Gasteiger partial charge in [0.25, 0.3) is 0 Å². The Morgan fingerprint density at radius 3 is 2.65 bits per heavy atom. The summed E-state index contributed by atoms with van der Waals surface area (Å²) in [6.07, 6.45) is 0. The predicted octanol–water partition coefficient (Wildman–Crippen LogP) is 2.78. The third-order valence-corrected chi connectivity index (χ3v) is 3.02. The standard InChI is InChI=1S/C13H21ClN2O/c1-4-16(10(2)9-17-3)8-11-5-12(14)7-13(15)6-11/h5-7,10H,4,8-9,15H2,1-3H3. The van der Waals surface area contributed by atoms with Crippen molar-refractivity contribution in [2.75, 3.05) is 26.0 Å². The van der Waals surface area contributed by atoms with Crippen molar-refractivity contribution in [2.24, 2.45) is 0 Å². The molecule has 0 spiro atoms. The van der Waals surface area contributed by atoms with Crippen molar-refractivity contribution >= 4 is 17.3 Å². The summed E-state index contributed by atoms with van der Waals surface area (Å²) in [5.74, 6) is 0. The number of hydrogen-bond donors (Lipinski definition) is 1. The SMILES string of the molecule is CCN(Cc1cc(N)cc(Cl)c1)C(C)COC. The van der Waals surface area contributed by atoms with E-state index < -0.39 is 0 Å². The molecular weight excluding hydrogens is 236 g/mol. The Labute approximate surface area is 109 Å². The van der Waals surface area contributed by atoms with Crippen LogP contribution in [0.5, 0.6) is 0 Å². The van der Waals surface area contributed by atoms with E-state index in [-0.39, 0.29) is 0 Å². The molecule has 3 nitrogen and oxygen atoms in total. The molecule has 0 fully saturated rings. The largest absolute Gasteiger partial charge is 0.399 e. The van der Waals surface area contributed by atoms with Crippen LogP contribution in [-0.2, 0) is 11.3 Å². The van der Waals surface area contributed by atoms with Crippen molar-refractivity contribution in [1.29, 1.82) is 0 Å². The number of nitrogens with two attached hydrogens (primary N) is 1. The topological polar surface area (TPSA) is 38.5 Å². The van der Waals surface area contributed by atoms with E-state index in [1.54, 1.807) is 13.2 Å². The van der Waals surface area contributed by atoms with Crippen molar-refractivity contribution in [3.8, 4) is 0 Å². The van der Waals surface area contributed by atoms with Gasteiger partial charge in [-0.3, -0.25) is 4.90 Å². The third-order valence-electron chi connectivity index (χ3n) is 2.80. The number of nitrogen functional groups attached to an aromatic ring is 1. The van der Waals surface area contributed by atoms with E-state index in [0.29, 0.717) is 16.8 Å². The van der Waals surface area contributed by atoms with Crippen molar-refractivity contribution < 1.29 is 4.74 Å². The minimum Gasteiger partial charge on any atom is -0.399 e. The lowest BCUT2D eigenvalue weighted by Gasteiger charge is -2.27. The molecule has 0 aliphatic rings. The Balaban J connectivity index is 2.73. The quantitative estimate of drug-likeness (QED) is 0.796. The zero-order valence-electron chi connectivity index (χ0n) is 10.7. The lowest BCUT2D eigenvalue weighted by Crippen LogP contribution is -2.35. The van der Waals surface area contributed by atoms with Gasteiger partial charge in [0, 0.05) is 30.4 Å². The molecular formula is C13H21ClN2O. The second-order valence-corrected chi connectivity index (χ2v) is 4.70. The van der Waals surface area contributed by atoms with Gasteiger partial charge in [-0.25, -0.2) is 0 Å².